The molecule has 0 spiro atoms. The van der Waals surface area contributed by atoms with Gasteiger partial charge in [0.15, 0.2) is 5.75 Å². The number of anilines is 1. The van der Waals surface area contributed by atoms with Crippen LogP contribution in [0.1, 0.15) is 31.1 Å². The summed E-state index contributed by atoms with van der Waals surface area (Å²) in [7, 11) is 1.28. The molecule has 0 radical (unpaired) electrons. The molecule has 0 unspecified atom stereocenters. The van der Waals surface area contributed by atoms with Gasteiger partial charge in [-0.15, -0.1) is 0 Å². The van der Waals surface area contributed by atoms with Gasteiger partial charge in [-0.2, -0.15) is 0 Å². The normalized spacial score (nSPS) is 13.7. The quantitative estimate of drug-likeness (QED) is 0.323. The van der Waals surface area contributed by atoms with E-state index < -0.39 is 11.6 Å². The van der Waals surface area contributed by atoms with Gasteiger partial charge in [-0.3, -0.25) is 4.98 Å². The Hall–Kier alpha value is -3.49. The number of carbonyl (C=O) groups excluding carboxylic acids is 2. The Morgan fingerprint density at radius 2 is 1.58 bits per heavy atom. The highest BCUT2D eigenvalue weighted by Gasteiger charge is 2.26. The molecule has 0 aliphatic carbocycles. The van der Waals surface area contributed by atoms with Gasteiger partial charge < -0.3 is 24.0 Å². The fourth-order valence-electron chi connectivity index (χ4n) is 4.10. The average molecular weight is 558 g/mol. The third-order valence-electron chi connectivity index (χ3n) is 5.90. The van der Waals surface area contributed by atoms with Gasteiger partial charge in [0.1, 0.15) is 16.9 Å². The van der Waals surface area contributed by atoms with E-state index in [2.05, 4.69) is 9.88 Å². The second kappa shape index (κ2) is 11.5. The van der Waals surface area contributed by atoms with Crippen LogP contribution >= 0.6 is 23.2 Å². The van der Waals surface area contributed by atoms with Crippen molar-refractivity contribution in [3.63, 3.8) is 0 Å². The van der Waals surface area contributed by atoms with Crippen molar-refractivity contribution >= 4 is 41.0 Å². The second-order valence-electron chi connectivity index (χ2n) is 9.70. The number of rotatable bonds is 5. The molecule has 1 fully saturated rings. The van der Waals surface area contributed by atoms with Crippen molar-refractivity contribution in [2.24, 2.45) is 0 Å². The van der Waals surface area contributed by atoms with Gasteiger partial charge in [0, 0.05) is 43.6 Å². The van der Waals surface area contributed by atoms with Crippen molar-refractivity contribution in [3.05, 3.63) is 70.5 Å². The number of amides is 1. The molecule has 4 rings (SSSR count). The van der Waals surface area contributed by atoms with E-state index in [1.54, 1.807) is 23.1 Å². The van der Waals surface area contributed by atoms with Crippen molar-refractivity contribution < 1.29 is 23.8 Å². The molecule has 200 valence electrons. The minimum atomic E-state index is -0.613. The van der Waals surface area contributed by atoms with E-state index in [9.17, 15) is 9.59 Å². The van der Waals surface area contributed by atoms with E-state index in [-0.39, 0.29) is 22.4 Å². The van der Waals surface area contributed by atoms with Gasteiger partial charge >= 0.3 is 12.1 Å². The summed E-state index contributed by atoms with van der Waals surface area (Å²) in [5.41, 5.74) is 2.05. The number of piperazine rings is 1. The topological polar surface area (TPSA) is 81.2 Å². The summed E-state index contributed by atoms with van der Waals surface area (Å²) in [4.78, 5) is 32.8. The van der Waals surface area contributed by atoms with Gasteiger partial charge in [-0.05, 0) is 50.6 Å². The zero-order valence-corrected chi connectivity index (χ0v) is 23.2. The molecule has 0 bridgehead atoms. The lowest BCUT2D eigenvalue weighted by molar-refractivity contribution is 0.0240. The molecule has 2 heterocycles. The molecule has 2 aromatic carbocycles. The van der Waals surface area contributed by atoms with Gasteiger partial charge in [0.05, 0.1) is 23.4 Å². The number of benzene rings is 2. The minimum absolute atomic E-state index is 0.114. The van der Waals surface area contributed by atoms with E-state index in [1.807, 2.05) is 45.0 Å². The molecule has 1 saturated heterocycles. The van der Waals surface area contributed by atoms with Crippen molar-refractivity contribution in [2.45, 2.75) is 26.4 Å². The zero-order chi connectivity index (χ0) is 27.4. The number of esters is 1. The highest BCUT2D eigenvalue weighted by molar-refractivity contribution is 6.34. The number of carbonyl (C=O) groups is 2. The maximum Gasteiger partial charge on any atom is 0.410 e. The van der Waals surface area contributed by atoms with Crippen LogP contribution in [0.2, 0.25) is 10.0 Å². The Balaban J connectivity index is 1.53. The lowest BCUT2D eigenvalue weighted by atomic mass is 10.0. The van der Waals surface area contributed by atoms with Crippen molar-refractivity contribution in [1.29, 1.82) is 0 Å². The summed E-state index contributed by atoms with van der Waals surface area (Å²) in [5.74, 6) is -0.0176. The number of nitrogens with zero attached hydrogens (tertiary/aromatic N) is 3. The number of hydrogen-bond acceptors (Lipinski definition) is 7. The zero-order valence-electron chi connectivity index (χ0n) is 21.7. The Bertz CT molecular complexity index is 1320. The SMILES string of the molecule is COC(=O)c1c(Cl)cccc1Oc1cncc(Cl)c1-c1ccc(N2CCN(C(=O)OC(C)(C)C)CC2)cc1. The molecule has 38 heavy (non-hydrogen) atoms. The summed E-state index contributed by atoms with van der Waals surface area (Å²) in [6.45, 7) is 8.12. The molecule has 8 nitrogen and oxygen atoms in total. The first-order chi connectivity index (χ1) is 18.1. The predicted octanol–water partition coefficient (Wildman–Crippen LogP) is 6.69. The van der Waals surface area contributed by atoms with Crippen molar-refractivity contribution in [1.82, 2.24) is 9.88 Å². The number of methoxy groups -OCH3 is 1. The Labute approximate surface area is 232 Å². The Kier molecular flexibility index (Phi) is 8.33. The summed E-state index contributed by atoms with van der Waals surface area (Å²) >= 11 is 12.8. The highest BCUT2D eigenvalue weighted by Crippen LogP contribution is 2.40. The molecule has 1 aromatic heterocycles. The largest absolute Gasteiger partial charge is 0.465 e. The first-order valence-electron chi connectivity index (χ1n) is 12.1. The number of pyridine rings is 1. The van der Waals surface area contributed by atoms with Crippen LogP contribution in [-0.4, -0.2) is 60.8 Å². The van der Waals surface area contributed by atoms with Crippen LogP contribution < -0.4 is 9.64 Å². The molecular formula is C28H29Cl2N3O5. The van der Waals surface area contributed by atoms with Gasteiger partial charge in [0.2, 0.25) is 0 Å². The highest BCUT2D eigenvalue weighted by atomic mass is 35.5. The minimum Gasteiger partial charge on any atom is -0.465 e. The summed E-state index contributed by atoms with van der Waals surface area (Å²) < 4.78 is 16.5. The van der Waals surface area contributed by atoms with Crippen molar-refractivity contribution in [2.75, 3.05) is 38.2 Å². The second-order valence-corrected chi connectivity index (χ2v) is 10.5. The summed E-state index contributed by atoms with van der Waals surface area (Å²) in [6, 6.07) is 12.8. The first-order valence-corrected chi connectivity index (χ1v) is 12.8. The third kappa shape index (κ3) is 6.31. The van der Waals surface area contributed by atoms with E-state index >= 15 is 0 Å². The summed E-state index contributed by atoms with van der Waals surface area (Å²) in [6.07, 6.45) is 2.78. The molecular weight excluding hydrogens is 529 g/mol. The molecule has 0 saturated carbocycles. The fourth-order valence-corrected chi connectivity index (χ4v) is 4.60. The van der Waals surface area contributed by atoms with E-state index in [1.165, 1.54) is 19.5 Å². The van der Waals surface area contributed by atoms with Gasteiger partial charge in [-0.1, -0.05) is 41.4 Å². The van der Waals surface area contributed by atoms with E-state index in [0.29, 0.717) is 42.5 Å². The van der Waals surface area contributed by atoms with Crippen LogP contribution in [-0.2, 0) is 9.47 Å². The molecule has 10 heteroatoms. The smallest absolute Gasteiger partial charge is 0.410 e. The number of hydrogen-bond donors (Lipinski definition) is 0. The van der Waals surface area contributed by atoms with Crippen molar-refractivity contribution in [3.8, 4) is 22.6 Å². The van der Waals surface area contributed by atoms with Crippen LogP contribution in [0.5, 0.6) is 11.5 Å². The maximum atomic E-state index is 12.4. The molecule has 1 aliphatic heterocycles. The molecule has 1 aliphatic rings. The molecule has 0 N–H and O–H groups in total. The van der Waals surface area contributed by atoms with Gasteiger partial charge in [0.25, 0.3) is 0 Å². The molecule has 0 atom stereocenters. The van der Waals surface area contributed by atoms with Crippen LogP contribution in [0.15, 0.2) is 54.9 Å². The lowest BCUT2D eigenvalue weighted by Crippen LogP contribution is -2.50. The number of aromatic nitrogens is 1. The predicted molar refractivity (Wildman–Crippen MR) is 148 cm³/mol. The Morgan fingerprint density at radius 1 is 0.895 bits per heavy atom. The summed E-state index contributed by atoms with van der Waals surface area (Å²) in [5, 5.41) is 0.602. The maximum absolute atomic E-state index is 12.4. The monoisotopic (exact) mass is 557 g/mol. The van der Waals surface area contributed by atoms with E-state index in [4.69, 9.17) is 37.4 Å². The lowest BCUT2D eigenvalue weighted by Gasteiger charge is -2.36. The van der Waals surface area contributed by atoms with E-state index in [0.717, 1.165) is 11.3 Å². The fraction of sp³-hybridized carbons (Fsp3) is 0.321. The van der Waals surface area contributed by atoms with Crippen LogP contribution in [0.25, 0.3) is 11.1 Å². The standard InChI is InChI=1S/C28H29Cl2N3O5/c1-28(2,3)38-27(35)33-14-12-32(13-15-33)19-10-8-18(9-11-19)24-21(30)16-31-17-23(24)37-22-7-5-6-20(29)25(22)26(34)36-4/h5-11,16-17H,12-15H2,1-4H3. The first kappa shape index (κ1) is 27.5. The van der Waals surface area contributed by atoms with Crippen LogP contribution in [0.3, 0.4) is 0 Å². The third-order valence-corrected chi connectivity index (χ3v) is 6.50. The molecule has 1 amide bonds. The number of halogens is 2. The van der Waals surface area contributed by atoms with Gasteiger partial charge in [-0.25, -0.2) is 9.59 Å². The Morgan fingerprint density at radius 3 is 2.21 bits per heavy atom. The molecule has 3 aromatic rings. The van der Waals surface area contributed by atoms with Crippen LogP contribution in [0.4, 0.5) is 10.5 Å². The number of ether oxygens (including phenoxy) is 3. The van der Waals surface area contributed by atoms with Crippen LogP contribution in [0, 0.1) is 0 Å². The average Bonchev–Trinajstić information content (AvgIpc) is 2.88.